The van der Waals surface area contributed by atoms with E-state index in [2.05, 4.69) is 22.0 Å². The second-order valence-electron chi connectivity index (χ2n) is 10.1. The molecule has 10 nitrogen and oxygen atoms in total. The van der Waals surface area contributed by atoms with Crippen molar-refractivity contribution < 1.29 is 19.0 Å². The fourth-order valence-corrected chi connectivity index (χ4v) is 5.20. The van der Waals surface area contributed by atoms with Gasteiger partial charge in [-0.25, -0.2) is 4.98 Å². The number of methoxy groups -OCH3 is 1. The van der Waals surface area contributed by atoms with Crippen LogP contribution in [0.2, 0.25) is 0 Å². The van der Waals surface area contributed by atoms with Gasteiger partial charge in [0.15, 0.2) is 5.65 Å². The number of anilines is 2. The molecule has 208 valence electrons. The normalized spacial score (nSPS) is 21.1. The number of carbonyl (C=O) groups is 1. The summed E-state index contributed by atoms with van der Waals surface area (Å²) in [6.45, 7) is 6.99. The van der Waals surface area contributed by atoms with E-state index in [0.717, 1.165) is 54.8 Å². The first kappa shape index (κ1) is 27.2. The fraction of sp³-hybridized carbons (Fsp3) is 0.517. The molecule has 0 spiro atoms. The minimum Gasteiger partial charge on any atom is -0.381 e. The highest BCUT2D eigenvalue weighted by Gasteiger charge is 2.25. The van der Waals surface area contributed by atoms with Crippen LogP contribution < -0.4 is 15.1 Å². The number of carbonyl (C=O) groups excluding carboxylic acids is 1. The van der Waals surface area contributed by atoms with E-state index in [4.69, 9.17) is 29.2 Å². The van der Waals surface area contributed by atoms with Gasteiger partial charge >= 0.3 is 0 Å². The zero-order valence-electron chi connectivity index (χ0n) is 23.1. The summed E-state index contributed by atoms with van der Waals surface area (Å²) in [5, 5.41) is 3.58. The van der Waals surface area contributed by atoms with Crippen LogP contribution in [0.4, 0.5) is 11.8 Å². The van der Waals surface area contributed by atoms with E-state index in [1.807, 2.05) is 30.3 Å². The van der Waals surface area contributed by atoms with Crippen molar-refractivity contribution >= 4 is 28.7 Å². The summed E-state index contributed by atoms with van der Waals surface area (Å²) >= 11 is 0. The van der Waals surface area contributed by atoms with Gasteiger partial charge in [-0.3, -0.25) is 4.79 Å². The number of nitrogens with one attached hydrogen (secondary N) is 1. The van der Waals surface area contributed by atoms with E-state index < -0.39 is 0 Å². The second kappa shape index (κ2) is 12.7. The molecule has 2 atom stereocenters. The summed E-state index contributed by atoms with van der Waals surface area (Å²) in [7, 11) is 3.40. The average molecular weight is 535 g/mol. The molecule has 0 unspecified atom stereocenters. The lowest BCUT2D eigenvalue weighted by atomic mass is 10.1. The Labute approximate surface area is 229 Å². The molecule has 2 aliphatic rings. The summed E-state index contributed by atoms with van der Waals surface area (Å²) < 4.78 is 17.3. The number of rotatable bonds is 5. The third kappa shape index (κ3) is 6.29. The Hall–Kier alpha value is -3.34. The molecule has 39 heavy (non-hydrogen) atoms. The highest BCUT2D eigenvalue weighted by atomic mass is 16.5. The molecular formula is C29H38N6O4. The lowest BCUT2D eigenvalue weighted by Gasteiger charge is -2.35. The quantitative estimate of drug-likeness (QED) is 0.528. The average Bonchev–Trinajstić information content (AvgIpc) is 2.98. The molecular weight excluding hydrogens is 496 g/mol. The van der Waals surface area contributed by atoms with Gasteiger partial charge in [-0.1, -0.05) is 12.1 Å². The summed E-state index contributed by atoms with van der Waals surface area (Å²) in [6, 6.07) is 11.7. The first-order chi connectivity index (χ1) is 19.1. The number of amides is 1. The van der Waals surface area contributed by atoms with Crippen molar-refractivity contribution in [1.82, 2.24) is 20.3 Å². The lowest BCUT2D eigenvalue weighted by Crippen LogP contribution is -2.44. The molecule has 2 aliphatic heterocycles. The molecule has 5 rings (SSSR count). The minimum absolute atomic E-state index is 0.132. The number of aromatic nitrogens is 3. The van der Waals surface area contributed by atoms with E-state index in [9.17, 15) is 4.79 Å². The smallest absolute Gasteiger partial charge is 0.251 e. The summed E-state index contributed by atoms with van der Waals surface area (Å²) in [4.78, 5) is 31.8. The molecule has 1 aromatic carbocycles. The molecule has 1 N–H and O–H groups in total. The van der Waals surface area contributed by atoms with Crippen LogP contribution in [0.1, 0.15) is 36.5 Å². The van der Waals surface area contributed by atoms with E-state index in [1.165, 1.54) is 0 Å². The zero-order chi connectivity index (χ0) is 27.2. The Morgan fingerprint density at radius 1 is 1.03 bits per heavy atom. The monoisotopic (exact) mass is 534 g/mol. The van der Waals surface area contributed by atoms with Crippen molar-refractivity contribution in [1.29, 1.82) is 0 Å². The van der Waals surface area contributed by atoms with Crippen LogP contribution in [-0.2, 0) is 14.2 Å². The standard InChI is InChI=1S/C29H38N6O4/c1-20-19-39-17-14-35(20)27-24-9-10-25(21-6-4-7-22(18-21)28(36)30-2)31-26(24)32-29(33-27)34-12-5-8-23(37-3)11-15-38-16-13-34/h4,6-7,9-10,18,20,23H,5,8,11-17,19H2,1-3H3,(H,30,36)/t20-,23-/m0/s1. The molecule has 2 fully saturated rings. The number of pyridine rings is 1. The first-order valence-electron chi connectivity index (χ1n) is 13.8. The highest BCUT2D eigenvalue weighted by Crippen LogP contribution is 2.31. The van der Waals surface area contributed by atoms with Gasteiger partial charge in [0.2, 0.25) is 5.95 Å². The van der Waals surface area contributed by atoms with Crippen LogP contribution in [0.3, 0.4) is 0 Å². The van der Waals surface area contributed by atoms with Crippen molar-refractivity contribution in [3.8, 4) is 11.3 Å². The maximum atomic E-state index is 12.2. The minimum atomic E-state index is -0.132. The second-order valence-corrected chi connectivity index (χ2v) is 10.1. The number of benzene rings is 1. The van der Waals surface area contributed by atoms with Gasteiger partial charge in [0.25, 0.3) is 5.91 Å². The van der Waals surface area contributed by atoms with Crippen molar-refractivity contribution in [3.05, 3.63) is 42.0 Å². The predicted molar refractivity (Wildman–Crippen MR) is 151 cm³/mol. The van der Waals surface area contributed by atoms with Crippen molar-refractivity contribution in [2.24, 2.45) is 0 Å². The van der Waals surface area contributed by atoms with E-state index in [1.54, 1.807) is 20.2 Å². The van der Waals surface area contributed by atoms with Gasteiger partial charge in [0.05, 0.1) is 43.0 Å². The molecule has 0 radical (unpaired) electrons. The third-order valence-electron chi connectivity index (χ3n) is 7.48. The Morgan fingerprint density at radius 2 is 1.90 bits per heavy atom. The predicted octanol–water partition coefficient (Wildman–Crippen LogP) is 3.30. The van der Waals surface area contributed by atoms with E-state index in [0.29, 0.717) is 50.1 Å². The maximum Gasteiger partial charge on any atom is 0.251 e. The Kier molecular flexibility index (Phi) is 8.85. The van der Waals surface area contributed by atoms with Gasteiger partial charge < -0.3 is 29.3 Å². The van der Waals surface area contributed by atoms with Crippen LogP contribution in [0, 0.1) is 0 Å². The largest absolute Gasteiger partial charge is 0.381 e. The molecule has 0 bridgehead atoms. The Balaban J connectivity index is 1.56. The highest BCUT2D eigenvalue weighted by molar-refractivity contribution is 5.95. The van der Waals surface area contributed by atoms with E-state index in [-0.39, 0.29) is 18.1 Å². The Morgan fingerprint density at radius 3 is 2.72 bits per heavy atom. The molecule has 10 heteroatoms. The molecule has 2 aromatic heterocycles. The summed E-state index contributed by atoms with van der Waals surface area (Å²) in [5.41, 5.74) is 2.83. The first-order valence-corrected chi connectivity index (χ1v) is 13.8. The summed E-state index contributed by atoms with van der Waals surface area (Å²) in [5.74, 6) is 1.39. The van der Waals surface area contributed by atoms with Crippen LogP contribution >= 0.6 is 0 Å². The Bertz CT molecular complexity index is 1290. The molecule has 1 amide bonds. The van der Waals surface area contributed by atoms with Crippen molar-refractivity contribution in [3.63, 3.8) is 0 Å². The molecule has 4 heterocycles. The lowest BCUT2D eigenvalue weighted by molar-refractivity contribution is 0.0450. The number of morpholine rings is 1. The molecule has 2 saturated heterocycles. The maximum absolute atomic E-state index is 12.2. The van der Waals surface area contributed by atoms with Gasteiger partial charge in [0.1, 0.15) is 5.82 Å². The SMILES string of the molecule is CNC(=O)c1cccc(-c2ccc3c(N4CCOC[C@@H]4C)nc(N4CCC[C@H](OC)CCOCC4)nc3n2)c1. The third-order valence-corrected chi connectivity index (χ3v) is 7.48. The zero-order valence-corrected chi connectivity index (χ0v) is 23.1. The van der Waals surface area contributed by atoms with Crippen LogP contribution in [-0.4, -0.2) is 93.2 Å². The number of fused-ring (bicyclic) bond motifs is 1. The molecule has 0 aliphatic carbocycles. The number of hydrogen-bond donors (Lipinski definition) is 1. The van der Waals surface area contributed by atoms with Crippen molar-refractivity contribution in [2.45, 2.75) is 38.3 Å². The van der Waals surface area contributed by atoms with Crippen LogP contribution in [0.15, 0.2) is 36.4 Å². The van der Waals surface area contributed by atoms with Gasteiger partial charge in [-0.05, 0) is 50.5 Å². The van der Waals surface area contributed by atoms with E-state index >= 15 is 0 Å². The summed E-state index contributed by atoms with van der Waals surface area (Å²) in [6.07, 6.45) is 3.04. The number of ether oxygens (including phenoxy) is 3. The number of hydrogen-bond acceptors (Lipinski definition) is 9. The molecule has 3 aromatic rings. The number of nitrogens with zero attached hydrogens (tertiary/aromatic N) is 5. The van der Waals surface area contributed by atoms with Gasteiger partial charge in [-0.15, -0.1) is 0 Å². The fourth-order valence-electron chi connectivity index (χ4n) is 5.20. The van der Waals surface area contributed by atoms with Crippen LogP contribution in [0.25, 0.3) is 22.3 Å². The van der Waals surface area contributed by atoms with Gasteiger partial charge in [0, 0.05) is 51.5 Å². The van der Waals surface area contributed by atoms with Gasteiger partial charge in [-0.2, -0.15) is 9.97 Å². The molecule has 0 saturated carbocycles. The van der Waals surface area contributed by atoms with Crippen molar-refractivity contribution in [2.75, 3.05) is 70.0 Å². The topological polar surface area (TPSA) is 102 Å². The van der Waals surface area contributed by atoms with Crippen LogP contribution in [0.5, 0.6) is 0 Å².